The number of H-pyrrole nitrogens is 1. The summed E-state index contributed by atoms with van der Waals surface area (Å²) in [6.45, 7) is 0.0805. The predicted octanol–water partition coefficient (Wildman–Crippen LogP) is 4.83. The van der Waals surface area contributed by atoms with E-state index in [0.29, 0.717) is 38.6 Å². The number of aromatic hydroxyl groups is 1. The number of carbonyl (C=O) groups excluding carboxylic acids is 1. The molecule has 0 spiro atoms. The summed E-state index contributed by atoms with van der Waals surface area (Å²) in [5.41, 5.74) is 1.02. The minimum Gasteiger partial charge on any atom is -0.507 e. The molecule has 10 heteroatoms. The number of nitrogens with one attached hydrogen (secondary N) is 1. The van der Waals surface area contributed by atoms with Gasteiger partial charge in [0.2, 0.25) is 12.2 Å². The average Bonchev–Trinajstić information content (AvgIpc) is 3.34. The number of fused-ring (bicyclic) bond motifs is 5. The summed E-state index contributed by atoms with van der Waals surface area (Å²) in [7, 11) is 0. The van der Waals surface area contributed by atoms with Crippen molar-refractivity contribution in [3.8, 4) is 34.1 Å². The highest BCUT2D eigenvalue weighted by molar-refractivity contribution is 6.30. The van der Waals surface area contributed by atoms with Crippen LogP contribution < -0.4 is 25.2 Å². The normalized spacial score (nSPS) is 16.0. The molecule has 2 aliphatic rings. The first-order chi connectivity index (χ1) is 18.4. The number of hydrogen-bond acceptors (Lipinski definition) is 8. The highest BCUT2D eigenvalue weighted by Crippen LogP contribution is 2.45. The van der Waals surface area contributed by atoms with Crippen molar-refractivity contribution < 1.29 is 28.5 Å². The zero-order chi connectivity index (χ0) is 26.1. The minimum absolute atomic E-state index is 0.0174. The van der Waals surface area contributed by atoms with Gasteiger partial charge in [-0.1, -0.05) is 23.7 Å². The molecule has 4 heterocycles. The van der Waals surface area contributed by atoms with Crippen LogP contribution in [0.3, 0.4) is 0 Å². The number of phenols is 1. The molecule has 0 fully saturated rings. The Bertz CT molecular complexity index is 1940. The molecule has 9 nitrogen and oxygen atoms in total. The van der Waals surface area contributed by atoms with Crippen molar-refractivity contribution in [2.24, 2.45) is 0 Å². The predicted molar refractivity (Wildman–Crippen MR) is 137 cm³/mol. The summed E-state index contributed by atoms with van der Waals surface area (Å²) < 4.78 is 22.2. The highest BCUT2D eigenvalue weighted by Gasteiger charge is 2.35. The molecule has 1 unspecified atom stereocenters. The second kappa shape index (κ2) is 8.12. The van der Waals surface area contributed by atoms with Crippen LogP contribution in [-0.4, -0.2) is 22.9 Å². The van der Waals surface area contributed by atoms with Gasteiger partial charge < -0.3 is 28.7 Å². The summed E-state index contributed by atoms with van der Waals surface area (Å²) in [4.78, 5) is 42.2. The lowest BCUT2D eigenvalue weighted by atomic mass is 9.85. The van der Waals surface area contributed by atoms with E-state index in [4.69, 9.17) is 30.2 Å². The van der Waals surface area contributed by atoms with E-state index < -0.39 is 28.6 Å². The van der Waals surface area contributed by atoms with E-state index in [9.17, 15) is 19.5 Å². The van der Waals surface area contributed by atoms with Crippen molar-refractivity contribution in [3.05, 3.63) is 91.5 Å². The van der Waals surface area contributed by atoms with E-state index in [1.54, 1.807) is 42.5 Å². The van der Waals surface area contributed by atoms with Crippen molar-refractivity contribution in [3.63, 3.8) is 0 Å². The molecule has 0 aliphatic carbocycles. The largest absolute Gasteiger partial charge is 0.507 e. The quantitative estimate of drug-likeness (QED) is 0.246. The molecule has 0 saturated carbocycles. The standard InChI is InChI=1S/C28H16ClNO8/c29-14-3-1-12(2-4-14)17-10-35-27-24-15(7-23(32)38-22(24)9-19(31)25(27)26(17)33)16-5-13-6-20-21(37-11-36-20)8-18(13)30-28(16)34/h1-6,8-10,15,31H,7,11H2,(H,30,34). The summed E-state index contributed by atoms with van der Waals surface area (Å²) in [6.07, 6.45) is 1.11. The molecule has 38 heavy (non-hydrogen) atoms. The topological polar surface area (TPSA) is 128 Å². The molecule has 3 aromatic carbocycles. The smallest absolute Gasteiger partial charge is 0.312 e. The van der Waals surface area contributed by atoms with Crippen LogP contribution in [0.5, 0.6) is 23.0 Å². The molecular formula is C28H16ClNO8. The van der Waals surface area contributed by atoms with Crippen LogP contribution in [0.25, 0.3) is 33.0 Å². The van der Waals surface area contributed by atoms with Gasteiger partial charge in [-0.25, -0.2) is 0 Å². The van der Waals surface area contributed by atoms with Crippen LogP contribution in [0.4, 0.5) is 0 Å². The number of halogens is 1. The maximum atomic E-state index is 13.5. The molecule has 5 aromatic rings. The van der Waals surface area contributed by atoms with Gasteiger partial charge in [0.05, 0.1) is 17.5 Å². The number of carbonyl (C=O) groups is 1. The SMILES string of the molecule is O=C1CC(c2cc3cc4c(cc3[nH]c2=O)OCO4)c2c(cc(O)c3c(=O)c(-c4ccc(Cl)cc4)coc23)O1. The molecule has 188 valence electrons. The fourth-order valence-corrected chi connectivity index (χ4v) is 5.22. The Labute approximate surface area is 217 Å². The van der Waals surface area contributed by atoms with Crippen molar-refractivity contribution in [1.82, 2.24) is 4.98 Å². The Morgan fingerprint density at radius 1 is 0.947 bits per heavy atom. The first-order valence-corrected chi connectivity index (χ1v) is 12.0. The van der Waals surface area contributed by atoms with Gasteiger partial charge in [0, 0.05) is 39.6 Å². The summed E-state index contributed by atoms with van der Waals surface area (Å²) in [5.74, 6) is -0.730. The monoisotopic (exact) mass is 529 g/mol. The van der Waals surface area contributed by atoms with Gasteiger partial charge in [-0.05, 0) is 29.8 Å². The molecule has 2 N–H and O–H groups in total. The summed E-state index contributed by atoms with van der Waals surface area (Å²) in [6, 6.07) is 12.9. The molecular weight excluding hydrogens is 514 g/mol. The second-order valence-electron chi connectivity index (χ2n) is 9.07. The van der Waals surface area contributed by atoms with E-state index in [2.05, 4.69) is 4.98 Å². The third-order valence-electron chi connectivity index (χ3n) is 6.87. The van der Waals surface area contributed by atoms with Crippen molar-refractivity contribution in [1.29, 1.82) is 0 Å². The third-order valence-corrected chi connectivity index (χ3v) is 7.12. The highest BCUT2D eigenvalue weighted by atomic mass is 35.5. The van der Waals surface area contributed by atoms with Gasteiger partial charge in [-0.15, -0.1) is 0 Å². The fourth-order valence-electron chi connectivity index (χ4n) is 5.10. The molecule has 2 aliphatic heterocycles. The zero-order valence-corrected chi connectivity index (χ0v) is 20.1. The van der Waals surface area contributed by atoms with Gasteiger partial charge in [0.25, 0.3) is 5.56 Å². The summed E-state index contributed by atoms with van der Waals surface area (Å²) in [5, 5.41) is 11.9. The number of benzene rings is 3. The Kier molecular flexibility index (Phi) is 4.80. The van der Waals surface area contributed by atoms with E-state index in [1.165, 1.54) is 12.3 Å². The summed E-state index contributed by atoms with van der Waals surface area (Å²) >= 11 is 5.98. The molecule has 2 aromatic heterocycles. The number of hydrogen-bond donors (Lipinski definition) is 2. The van der Waals surface area contributed by atoms with Gasteiger partial charge in [-0.3, -0.25) is 14.4 Å². The van der Waals surface area contributed by atoms with Crippen LogP contribution in [-0.2, 0) is 4.79 Å². The number of esters is 1. The zero-order valence-electron chi connectivity index (χ0n) is 19.4. The van der Waals surface area contributed by atoms with Crippen LogP contribution in [0.1, 0.15) is 23.5 Å². The molecule has 0 radical (unpaired) electrons. The van der Waals surface area contributed by atoms with Crippen molar-refractivity contribution in [2.75, 3.05) is 6.79 Å². The van der Waals surface area contributed by atoms with Crippen LogP contribution >= 0.6 is 11.6 Å². The van der Waals surface area contributed by atoms with Crippen molar-refractivity contribution >= 4 is 39.4 Å². The molecule has 1 atom stereocenters. The Balaban J connectivity index is 1.46. The minimum atomic E-state index is -0.808. The van der Waals surface area contributed by atoms with Gasteiger partial charge in [0.15, 0.2) is 11.5 Å². The molecule has 7 rings (SSSR count). The second-order valence-corrected chi connectivity index (χ2v) is 9.51. The molecule has 0 saturated heterocycles. The maximum absolute atomic E-state index is 13.5. The van der Waals surface area contributed by atoms with Gasteiger partial charge in [-0.2, -0.15) is 0 Å². The lowest BCUT2D eigenvalue weighted by Crippen LogP contribution is -2.26. The molecule has 0 amide bonds. The number of ether oxygens (including phenoxy) is 3. The van der Waals surface area contributed by atoms with E-state index >= 15 is 0 Å². The number of rotatable bonds is 2. The fraction of sp³-hybridized carbons (Fsp3) is 0.107. The number of pyridine rings is 1. The van der Waals surface area contributed by atoms with Crippen LogP contribution in [0.2, 0.25) is 5.02 Å². The lowest BCUT2D eigenvalue weighted by Gasteiger charge is -2.25. The molecule has 0 bridgehead atoms. The van der Waals surface area contributed by atoms with Crippen molar-refractivity contribution in [2.45, 2.75) is 12.3 Å². The lowest BCUT2D eigenvalue weighted by molar-refractivity contribution is -0.135. The van der Waals surface area contributed by atoms with E-state index in [-0.39, 0.29) is 41.1 Å². The van der Waals surface area contributed by atoms with E-state index in [0.717, 1.165) is 0 Å². The maximum Gasteiger partial charge on any atom is 0.312 e. The Morgan fingerprint density at radius 2 is 1.71 bits per heavy atom. The average molecular weight is 530 g/mol. The third kappa shape index (κ3) is 3.36. The number of phenolic OH excluding ortho intramolecular Hbond substituents is 1. The van der Waals surface area contributed by atoms with Gasteiger partial charge >= 0.3 is 5.97 Å². The Hall–Kier alpha value is -4.76. The number of aromatic amines is 1. The number of aromatic nitrogens is 1. The van der Waals surface area contributed by atoms with Crippen LogP contribution in [0.15, 0.2) is 68.8 Å². The van der Waals surface area contributed by atoms with Gasteiger partial charge in [0.1, 0.15) is 28.7 Å². The van der Waals surface area contributed by atoms with Crippen LogP contribution in [0, 0.1) is 0 Å². The Morgan fingerprint density at radius 3 is 2.50 bits per heavy atom. The first kappa shape index (κ1) is 22.4. The van der Waals surface area contributed by atoms with E-state index in [1.807, 2.05) is 0 Å². The first-order valence-electron chi connectivity index (χ1n) is 11.6.